The summed E-state index contributed by atoms with van der Waals surface area (Å²) in [5, 5.41) is 18.3. The highest BCUT2D eigenvalue weighted by atomic mass is 79.9. The molecule has 0 aliphatic carbocycles. The molecule has 1 atom stereocenters. The van der Waals surface area contributed by atoms with Crippen LogP contribution in [0.15, 0.2) is 18.2 Å². The number of hydrogen-bond donors (Lipinski definition) is 2. The van der Waals surface area contributed by atoms with Crippen LogP contribution < -0.4 is 4.90 Å². The normalized spacial score (nSPS) is 19.7. The summed E-state index contributed by atoms with van der Waals surface area (Å²) in [4.78, 5) is 24.2. The Bertz CT molecular complexity index is 488. The fourth-order valence-corrected chi connectivity index (χ4v) is 2.39. The third-order valence-electron chi connectivity index (χ3n) is 2.58. The molecule has 0 spiro atoms. The molecule has 1 saturated heterocycles. The molecule has 1 aliphatic rings. The minimum atomic E-state index is -1.17. The topological polar surface area (TPSA) is 77.8 Å². The van der Waals surface area contributed by atoms with Crippen molar-refractivity contribution >= 4 is 33.5 Å². The van der Waals surface area contributed by atoms with Crippen molar-refractivity contribution in [2.75, 3.05) is 11.4 Å². The second-order valence-electron chi connectivity index (χ2n) is 3.81. The van der Waals surface area contributed by atoms with Crippen LogP contribution in [0.4, 0.5) is 5.69 Å². The van der Waals surface area contributed by atoms with Gasteiger partial charge in [-0.15, -0.1) is 0 Å². The van der Waals surface area contributed by atoms with Crippen LogP contribution in [-0.4, -0.2) is 33.5 Å². The molecule has 1 heterocycles. The Kier molecular flexibility index (Phi) is 3.06. The van der Waals surface area contributed by atoms with Crippen molar-refractivity contribution in [1.82, 2.24) is 0 Å². The zero-order valence-electron chi connectivity index (χ0n) is 8.76. The molecule has 2 rings (SSSR count). The highest BCUT2D eigenvalue weighted by Gasteiger charge is 2.31. The van der Waals surface area contributed by atoms with Gasteiger partial charge in [0.15, 0.2) is 0 Å². The summed E-state index contributed by atoms with van der Waals surface area (Å²) in [6.45, 7) is 0.434. The summed E-state index contributed by atoms with van der Waals surface area (Å²) >= 11 is 3.33. The number of phenols is 1. The molecule has 90 valence electrons. The third kappa shape index (κ3) is 2.26. The summed E-state index contributed by atoms with van der Waals surface area (Å²) in [5.41, 5.74) is 0.252. The Hall–Kier alpha value is -1.56. The average molecular weight is 300 g/mol. The highest BCUT2D eigenvalue weighted by molar-refractivity contribution is 9.09. The standard InChI is InChI=1S/C11H10BrNO4/c12-6-3-10(15)13(5-6)9-2-1-7(14)4-8(9)11(16)17/h1-2,4,6,14H,3,5H2,(H,16,17). The molecule has 6 heteroatoms. The lowest BCUT2D eigenvalue weighted by atomic mass is 10.1. The zero-order chi connectivity index (χ0) is 12.6. The number of anilines is 1. The lowest BCUT2D eigenvalue weighted by molar-refractivity contribution is -0.117. The molecule has 1 aromatic carbocycles. The fourth-order valence-electron chi connectivity index (χ4n) is 1.83. The fraction of sp³-hybridized carbons (Fsp3) is 0.273. The van der Waals surface area contributed by atoms with Gasteiger partial charge in [-0.2, -0.15) is 0 Å². The molecule has 1 fully saturated rings. The Balaban J connectivity index is 2.45. The van der Waals surface area contributed by atoms with Gasteiger partial charge in [0.2, 0.25) is 5.91 Å². The Morgan fingerprint density at radius 2 is 2.18 bits per heavy atom. The van der Waals surface area contributed by atoms with Gasteiger partial charge in [0.1, 0.15) is 5.75 Å². The van der Waals surface area contributed by atoms with E-state index in [1.54, 1.807) is 0 Å². The van der Waals surface area contributed by atoms with Crippen molar-refractivity contribution < 1.29 is 19.8 Å². The minimum absolute atomic E-state index is 0.0328. The molecule has 0 radical (unpaired) electrons. The van der Waals surface area contributed by atoms with E-state index in [0.717, 1.165) is 6.07 Å². The maximum absolute atomic E-state index is 11.7. The molecule has 1 aliphatic heterocycles. The number of amides is 1. The number of benzene rings is 1. The molecular weight excluding hydrogens is 290 g/mol. The molecule has 0 saturated carbocycles. The van der Waals surface area contributed by atoms with Crippen LogP contribution in [0.1, 0.15) is 16.8 Å². The first-order valence-corrected chi connectivity index (χ1v) is 5.91. The number of carbonyl (C=O) groups excluding carboxylic acids is 1. The van der Waals surface area contributed by atoms with Crippen LogP contribution in [0.2, 0.25) is 0 Å². The van der Waals surface area contributed by atoms with Crippen LogP contribution >= 0.6 is 15.9 Å². The van der Waals surface area contributed by atoms with E-state index in [1.807, 2.05) is 0 Å². The monoisotopic (exact) mass is 299 g/mol. The van der Waals surface area contributed by atoms with Gasteiger partial charge in [-0.25, -0.2) is 4.79 Å². The second kappa shape index (κ2) is 4.37. The average Bonchev–Trinajstić information content (AvgIpc) is 2.57. The summed E-state index contributed by atoms with van der Waals surface area (Å²) in [6, 6.07) is 3.96. The van der Waals surface area contributed by atoms with E-state index < -0.39 is 5.97 Å². The summed E-state index contributed by atoms with van der Waals surface area (Å²) in [5.74, 6) is -1.42. The number of nitrogens with zero attached hydrogens (tertiary/aromatic N) is 1. The number of alkyl halides is 1. The summed E-state index contributed by atoms with van der Waals surface area (Å²) < 4.78 is 0. The Morgan fingerprint density at radius 3 is 2.71 bits per heavy atom. The van der Waals surface area contributed by atoms with Gasteiger partial charge in [-0.05, 0) is 18.2 Å². The van der Waals surface area contributed by atoms with Crippen LogP contribution in [0.25, 0.3) is 0 Å². The van der Waals surface area contributed by atoms with Crippen LogP contribution in [-0.2, 0) is 4.79 Å². The van der Waals surface area contributed by atoms with Gasteiger partial charge in [0.25, 0.3) is 0 Å². The van der Waals surface area contributed by atoms with Crippen molar-refractivity contribution in [3.8, 4) is 5.75 Å². The number of rotatable bonds is 2. The van der Waals surface area contributed by atoms with Crippen LogP contribution in [0.5, 0.6) is 5.75 Å². The Morgan fingerprint density at radius 1 is 1.47 bits per heavy atom. The SMILES string of the molecule is O=C(O)c1cc(O)ccc1N1CC(Br)CC1=O. The molecule has 2 N–H and O–H groups in total. The first kappa shape index (κ1) is 11.9. The van der Waals surface area contributed by atoms with Gasteiger partial charge >= 0.3 is 5.97 Å². The quantitative estimate of drug-likeness (QED) is 0.813. The molecule has 0 bridgehead atoms. The molecule has 1 unspecified atom stereocenters. The Labute approximate surface area is 106 Å². The highest BCUT2D eigenvalue weighted by Crippen LogP contribution is 2.30. The van der Waals surface area contributed by atoms with Crippen molar-refractivity contribution in [2.24, 2.45) is 0 Å². The van der Waals surface area contributed by atoms with Gasteiger partial charge in [0, 0.05) is 17.8 Å². The molecule has 0 aromatic heterocycles. The molecular formula is C11H10BrNO4. The number of hydrogen-bond acceptors (Lipinski definition) is 3. The van der Waals surface area contributed by atoms with Crippen LogP contribution in [0, 0.1) is 0 Å². The van der Waals surface area contributed by atoms with E-state index >= 15 is 0 Å². The lowest BCUT2D eigenvalue weighted by Gasteiger charge is -2.18. The maximum atomic E-state index is 11.7. The lowest BCUT2D eigenvalue weighted by Crippen LogP contribution is -2.26. The van der Waals surface area contributed by atoms with E-state index in [2.05, 4.69) is 15.9 Å². The number of halogens is 1. The number of aromatic carboxylic acids is 1. The predicted molar refractivity (Wildman–Crippen MR) is 64.8 cm³/mol. The summed E-state index contributed by atoms with van der Waals surface area (Å²) in [6.07, 6.45) is 0.347. The zero-order valence-corrected chi connectivity index (χ0v) is 10.3. The van der Waals surface area contributed by atoms with Crippen molar-refractivity contribution in [3.05, 3.63) is 23.8 Å². The van der Waals surface area contributed by atoms with Crippen LogP contribution in [0.3, 0.4) is 0 Å². The van der Waals surface area contributed by atoms with Crippen molar-refractivity contribution in [1.29, 1.82) is 0 Å². The maximum Gasteiger partial charge on any atom is 0.337 e. The molecule has 17 heavy (non-hydrogen) atoms. The van der Waals surface area contributed by atoms with Gasteiger partial charge in [0.05, 0.1) is 11.3 Å². The van der Waals surface area contributed by atoms with E-state index in [9.17, 15) is 14.7 Å². The number of aromatic hydroxyl groups is 1. The first-order chi connectivity index (χ1) is 7.99. The second-order valence-corrected chi connectivity index (χ2v) is 5.11. The van der Waals surface area contributed by atoms with E-state index in [4.69, 9.17) is 5.11 Å². The number of carboxylic acid groups (broad SMARTS) is 1. The largest absolute Gasteiger partial charge is 0.508 e. The minimum Gasteiger partial charge on any atom is -0.508 e. The third-order valence-corrected chi connectivity index (χ3v) is 3.19. The summed E-state index contributed by atoms with van der Waals surface area (Å²) in [7, 11) is 0. The van der Waals surface area contributed by atoms with E-state index in [1.165, 1.54) is 17.0 Å². The van der Waals surface area contributed by atoms with Crippen molar-refractivity contribution in [3.63, 3.8) is 0 Å². The molecule has 1 aromatic rings. The van der Waals surface area contributed by atoms with Gasteiger partial charge in [-0.1, -0.05) is 15.9 Å². The number of carbonyl (C=O) groups is 2. The van der Waals surface area contributed by atoms with Crippen molar-refractivity contribution in [2.45, 2.75) is 11.2 Å². The van der Waals surface area contributed by atoms with E-state index in [0.29, 0.717) is 18.7 Å². The van der Waals surface area contributed by atoms with E-state index in [-0.39, 0.29) is 22.0 Å². The smallest absolute Gasteiger partial charge is 0.337 e. The number of carboxylic acids is 1. The predicted octanol–water partition coefficient (Wildman–Crippen LogP) is 1.59. The molecule has 5 nitrogen and oxygen atoms in total. The first-order valence-electron chi connectivity index (χ1n) is 5.00. The van der Waals surface area contributed by atoms with Gasteiger partial charge < -0.3 is 15.1 Å². The number of phenolic OH excluding ortho intramolecular Hbond substituents is 1. The van der Waals surface area contributed by atoms with Gasteiger partial charge in [-0.3, -0.25) is 4.79 Å². The molecule has 1 amide bonds.